The zero-order valence-electron chi connectivity index (χ0n) is 30.3. The number of aryl methyl sites for hydroxylation is 1. The third-order valence-electron chi connectivity index (χ3n) is 10.6. The van der Waals surface area contributed by atoms with Gasteiger partial charge in [0.25, 0.3) is 5.91 Å². The number of isocyanates is 1. The van der Waals surface area contributed by atoms with Gasteiger partial charge in [-0.1, -0.05) is 25.0 Å². The molecule has 1 saturated heterocycles. The van der Waals surface area contributed by atoms with Crippen molar-refractivity contribution < 1.29 is 41.8 Å². The fraction of sp³-hybridized carbons (Fsp3) is 0.595. The summed E-state index contributed by atoms with van der Waals surface area (Å²) in [5, 5.41) is 3.54. The number of aliphatic imine (C=N–C) groups is 1. The fourth-order valence-electron chi connectivity index (χ4n) is 7.13. The number of methoxy groups -OCH3 is 1. The number of fused-ring (bicyclic) bond motifs is 3. The number of hydrogen-bond donors (Lipinski definition) is 2. The molecule has 6 rings (SSSR count). The van der Waals surface area contributed by atoms with Crippen molar-refractivity contribution in [3.05, 3.63) is 35.9 Å². The van der Waals surface area contributed by atoms with Crippen molar-refractivity contribution >= 4 is 44.7 Å². The molecule has 4 aliphatic rings. The molecule has 2 saturated carbocycles. The molecule has 15 heteroatoms. The molecule has 0 spiro atoms. The molecule has 2 aromatic rings. The van der Waals surface area contributed by atoms with Crippen molar-refractivity contribution in [2.45, 2.75) is 120 Å². The zero-order valence-corrected chi connectivity index (χ0v) is 31.1. The number of ether oxygens (including phenoxy) is 3. The Bertz CT molecular complexity index is 1940. The van der Waals surface area contributed by atoms with Gasteiger partial charge in [-0.2, -0.15) is 4.99 Å². The molecule has 1 aromatic heterocycles. The molecule has 3 fully saturated rings. The molecule has 0 bridgehead atoms. The van der Waals surface area contributed by atoms with Gasteiger partial charge in [-0.15, -0.1) is 0 Å². The Labute approximate surface area is 303 Å². The Morgan fingerprint density at radius 1 is 1.17 bits per heavy atom. The molecule has 0 radical (unpaired) electrons. The minimum Gasteiger partial charge on any atom is -0.496 e. The summed E-state index contributed by atoms with van der Waals surface area (Å²) < 4.78 is 45.5. The van der Waals surface area contributed by atoms with Crippen LogP contribution >= 0.6 is 0 Å². The van der Waals surface area contributed by atoms with Gasteiger partial charge in [0, 0.05) is 29.4 Å². The lowest BCUT2D eigenvalue weighted by Crippen LogP contribution is -2.57. The highest BCUT2D eigenvalue weighted by Gasteiger charge is 2.63. The number of nitrogens with one attached hydrogen (secondary N) is 2. The number of carbonyl (C=O) groups excluding carboxylic acids is 4. The number of rotatable bonds is 9. The summed E-state index contributed by atoms with van der Waals surface area (Å²) in [6.45, 7) is 7.20. The second-order valence-corrected chi connectivity index (χ2v) is 17.1. The van der Waals surface area contributed by atoms with E-state index in [0.29, 0.717) is 60.4 Å². The lowest BCUT2D eigenvalue weighted by Gasteiger charge is -2.28. The second-order valence-electron chi connectivity index (χ2n) is 14.9. The van der Waals surface area contributed by atoms with Gasteiger partial charge in [0.15, 0.2) is 0 Å². The number of benzene rings is 1. The fourth-order valence-corrected chi connectivity index (χ4v) is 8.45. The first-order chi connectivity index (χ1) is 24.7. The summed E-state index contributed by atoms with van der Waals surface area (Å²) >= 11 is 0. The SMILES string of the molecule is COc1ccc2c(O[C@@H]3C[C@H]4C(=O)N[C@]5(C(=O)NS(=O)(=O)C6(C)CC6)C[C@@H]5/C=C\CCCCC[C@H](N=C=O)C(=O)N4C3)cc(OC(C)C)nc2c1C. The number of amides is 3. The maximum Gasteiger partial charge on any atom is 0.259 e. The van der Waals surface area contributed by atoms with Gasteiger partial charge in [-0.25, -0.2) is 18.2 Å². The summed E-state index contributed by atoms with van der Waals surface area (Å²) in [5.41, 5.74) is -0.136. The van der Waals surface area contributed by atoms with Crippen molar-refractivity contribution in [1.29, 1.82) is 0 Å². The van der Waals surface area contributed by atoms with E-state index in [1.54, 1.807) is 20.1 Å². The number of allylic oxidation sites excluding steroid dienone is 1. The molecule has 1 aromatic carbocycles. The van der Waals surface area contributed by atoms with Crippen LogP contribution in [-0.2, 0) is 29.2 Å². The maximum absolute atomic E-state index is 14.3. The number of nitrogens with zero attached hydrogens (tertiary/aromatic N) is 3. The highest BCUT2D eigenvalue weighted by atomic mass is 32.2. The number of aromatic nitrogens is 1. The lowest BCUT2D eigenvalue weighted by atomic mass is 10.1. The van der Waals surface area contributed by atoms with Gasteiger partial charge in [-0.05, 0) is 78.4 Å². The third-order valence-corrected chi connectivity index (χ3v) is 12.8. The Balaban J connectivity index is 1.34. The van der Waals surface area contributed by atoms with E-state index in [4.69, 9.17) is 19.2 Å². The first-order valence-corrected chi connectivity index (χ1v) is 19.4. The van der Waals surface area contributed by atoms with E-state index in [1.807, 2.05) is 45.1 Å². The molecule has 2 N–H and O–H groups in total. The van der Waals surface area contributed by atoms with Gasteiger partial charge in [0.05, 0.1) is 30.0 Å². The van der Waals surface area contributed by atoms with Crippen molar-refractivity contribution in [2.24, 2.45) is 10.9 Å². The van der Waals surface area contributed by atoms with Crippen LogP contribution in [0.4, 0.5) is 0 Å². The van der Waals surface area contributed by atoms with Crippen LogP contribution in [0.25, 0.3) is 10.9 Å². The van der Waals surface area contributed by atoms with Crippen LogP contribution in [0, 0.1) is 12.8 Å². The molecule has 3 heterocycles. The predicted molar refractivity (Wildman–Crippen MR) is 191 cm³/mol. The maximum atomic E-state index is 14.3. The van der Waals surface area contributed by atoms with Crippen molar-refractivity contribution in [3.63, 3.8) is 0 Å². The molecule has 52 heavy (non-hydrogen) atoms. The van der Waals surface area contributed by atoms with Crippen LogP contribution in [0.3, 0.4) is 0 Å². The quantitative estimate of drug-likeness (QED) is 0.218. The molecule has 2 aliphatic heterocycles. The van der Waals surface area contributed by atoms with Gasteiger partial charge >= 0.3 is 0 Å². The molecule has 5 atom stereocenters. The molecular weight excluding hydrogens is 690 g/mol. The summed E-state index contributed by atoms with van der Waals surface area (Å²) in [6.07, 6.45) is 8.75. The van der Waals surface area contributed by atoms with E-state index < -0.39 is 62.1 Å². The normalized spacial score (nSPS) is 27.9. The number of carbonyl (C=O) groups is 3. The van der Waals surface area contributed by atoms with Crippen LogP contribution in [0.5, 0.6) is 17.4 Å². The Hall–Kier alpha value is -4.49. The molecule has 2 aliphatic carbocycles. The Kier molecular flexibility index (Phi) is 10.4. The highest BCUT2D eigenvalue weighted by Crippen LogP contribution is 2.47. The van der Waals surface area contributed by atoms with E-state index >= 15 is 0 Å². The van der Waals surface area contributed by atoms with Crippen LogP contribution in [0.1, 0.15) is 84.1 Å². The van der Waals surface area contributed by atoms with E-state index in [9.17, 15) is 27.6 Å². The molecule has 280 valence electrons. The first kappa shape index (κ1) is 37.3. The van der Waals surface area contributed by atoms with Crippen LogP contribution in [0.2, 0.25) is 0 Å². The largest absolute Gasteiger partial charge is 0.496 e. The highest BCUT2D eigenvalue weighted by molar-refractivity contribution is 7.91. The summed E-state index contributed by atoms with van der Waals surface area (Å²) in [7, 11) is -2.41. The van der Waals surface area contributed by atoms with E-state index in [2.05, 4.69) is 15.0 Å². The summed E-state index contributed by atoms with van der Waals surface area (Å²) in [4.78, 5) is 63.5. The van der Waals surface area contributed by atoms with Crippen molar-refractivity contribution in [1.82, 2.24) is 19.9 Å². The van der Waals surface area contributed by atoms with Crippen molar-refractivity contribution in [2.75, 3.05) is 13.7 Å². The average molecular weight is 738 g/mol. The van der Waals surface area contributed by atoms with Gasteiger partial charge in [0.2, 0.25) is 33.8 Å². The predicted octanol–water partition coefficient (Wildman–Crippen LogP) is 3.79. The second kappa shape index (κ2) is 14.5. The first-order valence-electron chi connectivity index (χ1n) is 18.0. The van der Waals surface area contributed by atoms with Gasteiger partial charge < -0.3 is 24.4 Å². The topological polar surface area (TPSA) is 183 Å². The average Bonchev–Trinajstić information content (AvgIpc) is 3.97. The summed E-state index contributed by atoms with van der Waals surface area (Å²) in [6, 6.07) is 3.14. The van der Waals surface area contributed by atoms with E-state index in [1.165, 1.54) is 11.0 Å². The standard InChI is InChI=1S/C37H47N5O9S/c1-22(2)50-31-18-30(26-13-14-29(49-5)23(3)32(26)39-31)51-25-17-28-33(44)40-37(35(46)41-52(47,48)36(4)15-16-36)19-24(37)11-9-7-6-8-10-12-27(38-21-43)34(45)42(28)20-25/h9,11,13-14,18,22,24-25,27-28H,6-8,10,12,15-17,19-20H2,1-5H3,(H,40,44)(H,41,46)/b11-9-/t24-,25+,27-,28-,37+/m0/s1. The zero-order chi connectivity index (χ0) is 37.4. The number of hydrogen-bond acceptors (Lipinski definition) is 11. The van der Waals surface area contributed by atoms with Crippen LogP contribution < -0.4 is 24.2 Å². The van der Waals surface area contributed by atoms with Crippen molar-refractivity contribution in [3.8, 4) is 17.4 Å². The molecular formula is C37H47N5O9S. The smallest absolute Gasteiger partial charge is 0.259 e. The number of pyridine rings is 1. The van der Waals surface area contributed by atoms with Gasteiger partial charge in [0.1, 0.15) is 35.2 Å². The van der Waals surface area contributed by atoms with E-state index in [-0.39, 0.29) is 25.5 Å². The van der Waals surface area contributed by atoms with Crippen LogP contribution in [-0.4, -0.2) is 90.3 Å². The Morgan fingerprint density at radius 2 is 1.94 bits per heavy atom. The van der Waals surface area contributed by atoms with Gasteiger partial charge in [-0.3, -0.25) is 19.1 Å². The summed E-state index contributed by atoms with van der Waals surface area (Å²) in [5.74, 6) is -1.00. The molecule has 3 amide bonds. The number of sulfonamides is 1. The monoisotopic (exact) mass is 737 g/mol. The van der Waals surface area contributed by atoms with E-state index in [0.717, 1.165) is 18.4 Å². The minimum atomic E-state index is -3.98. The Morgan fingerprint density at radius 3 is 2.63 bits per heavy atom. The molecule has 14 nitrogen and oxygen atoms in total. The minimum absolute atomic E-state index is 0.0175. The third kappa shape index (κ3) is 7.38. The lowest BCUT2D eigenvalue weighted by molar-refractivity contribution is -0.140. The van der Waals surface area contributed by atoms with Crippen LogP contribution in [0.15, 0.2) is 35.3 Å². The molecule has 0 unspecified atom stereocenters.